The average molecular weight is 282 g/mol. The number of nitrogens with zero attached hydrogens (tertiary/aromatic N) is 2. The summed E-state index contributed by atoms with van der Waals surface area (Å²) >= 11 is 0. The monoisotopic (exact) mass is 282 g/mol. The predicted molar refractivity (Wildman–Crippen MR) is 66.0 cm³/mol. The van der Waals surface area contributed by atoms with E-state index in [1.807, 2.05) is 0 Å². The molecular weight excluding hydrogens is 264 g/mol. The molecule has 0 unspecified atom stereocenters. The number of hydrogen-bond acceptors (Lipinski definition) is 4. The molecule has 8 heteroatoms. The summed E-state index contributed by atoms with van der Waals surface area (Å²) < 4.78 is 44.9. The Morgan fingerprint density at radius 2 is 1.65 bits per heavy atom. The minimum Gasteiger partial charge on any atom is -0.359 e. The number of unbranched alkanes of at least 4 members (excludes halogenated alkanes) is 1. The second kappa shape index (κ2) is 5.29. The highest BCUT2D eigenvalue weighted by molar-refractivity contribution is 8.31. The van der Waals surface area contributed by atoms with Crippen molar-refractivity contribution < 1.29 is 21.6 Å². The first-order valence-corrected chi connectivity index (χ1v) is 8.33. The Labute approximate surface area is 102 Å². The highest BCUT2D eigenvalue weighted by Gasteiger charge is 2.48. The van der Waals surface area contributed by atoms with Crippen LogP contribution in [0, 0.1) is 0 Å². The fourth-order valence-corrected chi connectivity index (χ4v) is 4.90. The Morgan fingerprint density at radius 1 is 1.18 bits per heavy atom. The Balaban J connectivity index is 5.66. The van der Waals surface area contributed by atoms with Crippen LogP contribution in [0.1, 0.15) is 40.5 Å². The number of rotatable bonds is 3. The number of sulfone groups is 2. The van der Waals surface area contributed by atoms with Gasteiger partial charge in [0.1, 0.15) is 0 Å². The third-order valence-corrected chi connectivity index (χ3v) is 7.16. The zero-order chi connectivity index (χ0) is 13.9. The van der Waals surface area contributed by atoms with Gasteiger partial charge in [-0.2, -0.15) is 0 Å². The van der Waals surface area contributed by atoms with E-state index in [4.69, 9.17) is 5.53 Å². The van der Waals surface area contributed by atoms with Crippen molar-refractivity contribution in [3.05, 3.63) is 5.53 Å². The maximum absolute atomic E-state index is 11.9. The molecule has 17 heavy (non-hydrogen) atoms. The molecular formula is C9H18N2O4S2. The predicted octanol–water partition coefficient (Wildman–Crippen LogP) is 1.00. The zero-order valence-electron chi connectivity index (χ0n) is 10.5. The molecule has 0 fully saturated rings. The summed E-state index contributed by atoms with van der Waals surface area (Å²) in [6.45, 7) is 5.83. The van der Waals surface area contributed by atoms with Crippen LogP contribution < -0.4 is 0 Å². The standard InChI is InChI=1S/C9H18N2O4S2/c1-5-6-7-16(12,13)8(11-10)17(14,15)9(2,3)4/h5-7H2,1-4H3. The van der Waals surface area contributed by atoms with Crippen molar-refractivity contribution in [2.24, 2.45) is 0 Å². The quantitative estimate of drug-likeness (QED) is 0.333. The van der Waals surface area contributed by atoms with Crippen LogP contribution in [0.15, 0.2) is 0 Å². The summed E-state index contributed by atoms with van der Waals surface area (Å²) in [5.41, 5.74) is 8.69. The molecule has 0 heterocycles. The topological polar surface area (TPSA) is 105 Å². The van der Waals surface area contributed by atoms with E-state index < -0.39 is 28.8 Å². The molecule has 0 aliphatic carbocycles. The summed E-state index contributed by atoms with van der Waals surface area (Å²) in [6, 6.07) is 0. The zero-order valence-corrected chi connectivity index (χ0v) is 12.1. The third kappa shape index (κ3) is 3.62. The van der Waals surface area contributed by atoms with Crippen LogP contribution in [0.3, 0.4) is 0 Å². The SMILES string of the molecule is CCCCS(=O)(=O)C(=[N+]=[N-])S(=O)(=O)C(C)(C)C. The van der Waals surface area contributed by atoms with E-state index in [-0.39, 0.29) is 5.75 Å². The lowest BCUT2D eigenvalue weighted by atomic mass is 10.3. The van der Waals surface area contributed by atoms with Crippen molar-refractivity contribution in [1.82, 2.24) is 0 Å². The van der Waals surface area contributed by atoms with Crippen LogP contribution in [0.25, 0.3) is 5.53 Å². The van der Waals surface area contributed by atoms with E-state index in [1.165, 1.54) is 20.8 Å². The van der Waals surface area contributed by atoms with E-state index >= 15 is 0 Å². The smallest absolute Gasteiger partial charge is 0.359 e. The van der Waals surface area contributed by atoms with Gasteiger partial charge >= 0.3 is 4.38 Å². The maximum atomic E-state index is 11.9. The Bertz CT molecular complexity index is 520. The lowest BCUT2D eigenvalue weighted by Gasteiger charge is -2.15. The van der Waals surface area contributed by atoms with Crippen molar-refractivity contribution in [3.8, 4) is 0 Å². The first kappa shape index (κ1) is 16.3. The van der Waals surface area contributed by atoms with Crippen LogP contribution in [0.5, 0.6) is 0 Å². The van der Waals surface area contributed by atoms with Gasteiger partial charge < -0.3 is 5.53 Å². The molecule has 0 aromatic carbocycles. The van der Waals surface area contributed by atoms with E-state index in [1.54, 1.807) is 6.92 Å². The Kier molecular flexibility index (Phi) is 5.06. The molecule has 0 aromatic heterocycles. The molecule has 0 atom stereocenters. The van der Waals surface area contributed by atoms with Gasteiger partial charge in [0, 0.05) is 0 Å². The lowest BCUT2D eigenvalue weighted by Crippen LogP contribution is -2.39. The summed E-state index contributed by atoms with van der Waals surface area (Å²) in [4.78, 5) is 2.49. The molecule has 0 aliphatic rings. The molecule has 0 aromatic rings. The molecule has 0 saturated carbocycles. The summed E-state index contributed by atoms with van der Waals surface area (Å²) in [6.07, 6.45) is 0.925. The van der Waals surface area contributed by atoms with Gasteiger partial charge in [-0.05, 0) is 27.2 Å². The molecule has 0 N–H and O–H groups in total. The fourth-order valence-electron chi connectivity index (χ4n) is 0.967. The first-order valence-electron chi connectivity index (χ1n) is 5.20. The van der Waals surface area contributed by atoms with E-state index in [0.29, 0.717) is 12.8 Å². The molecule has 0 saturated heterocycles. The molecule has 0 rings (SSSR count). The van der Waals surface area contributed by atoms with Gasteiger partial charge in [0.2, 0.25) is 0 Å². The fraction of sp³-hybridized carbons (Fsp3) is 0.889. The highest BCUT2D eigenvalue weighted by Crippen LogP contribution is 2.20. The normalized spacial score (nSPS) is 13.2. The Hall–Kier alpha value is -0.720. The molecule has 0 spiro atoms. The van der Waals surface area contributed by atoms with Gasteiger partial charge in [-0.3, -0.25) is 0 Å². The number of hydrogen-bond donors (Lipinski definition) is 0. The largest absolute Gasteiger partial charge is 0.495 e. The minimum absolute atomic E-state index is 0.320. The third-order valence-electron chi connectivity index (χ3n) is 2.15. The van der Waals surface area contributed by atoms with Gasteiger partial charge in [0.15, 0.2) is 0 Å². The summed E-state index contributed by atoms with van der Waals surface area (Å²) in [5.74, 6) is -0.335. The summed E-state index contributed by atoms with van der Waals surface area (Å²) in [5, 5.41) is 0. The van der Waals surface area contributed by atoms with Gasteiger partial charge in [0.25, 0.3) is 19.7 Å². The molecule has 0 radical (unpaired) electrons. The lowest BCUT2D eigenvalue weighted by molar-refractivity contribution is 0.00367. The van der Waals surface area contributed by atoms with Crippen molar-refractivity contribution >= 4 is 24.1 Å². The van der Waals surface area contributed by atoms with Crippen LogP contribution in [-0.2, 0) is 19.7 Å². The molecule has 6 nitrogen and oxygen atoms in total. The first-order chi connectivity index (χ1) is 7.50. The van der Waals surface area contributed by atoms with Crippen molar-refractivity contribution in [1.29, 1.82) is 0 Å². The molecule has 0 amide bonds. The van der Waals surface area contributed by atoms with Crippen LogP contribution in [-0.4, -0.2) is 36.5 Å². The molecule has 0 aliphatic heterocycles. The molecule has 0 bridgehead atoms. The average Bonchev–Trinajstić information content (AvgIpc) is 2.13. The van der Waals surface area contributed by atoms with E-state index in [0.717, 1.165) is 0 Å². The van der Waals surface area contributed by atoms with Gasteiger partial charge in [-0.25, -0.2) is 16.8 Å². The highest BCUT2D eigenvalue weighted by atomic mass is 32.3. The molecule has 100 valence electrons. The van der Waals surface area contributed by atoms with E-state index in [2.05, 4.69) is 4.79 Å². The van der Waals surface area contributed by atoms with E-state index in [9.17, 15) is 16.8 Å². The van der Waals surface area contributed by atoms with Crippen molar-refractivity contribution in [2.45, 2.75) is 45.3 Å². The maximum Gasteiger partial charge on any atom is 0.495 e. The van der Waals surface area contributed by atoms with Crippen LogP contribution in [0.4, 0.5) is 0 Å². The van der Waals surface area contributed by atoms with Crippen molar-refractivity contribution in [2.75, 3.05) is 5.75 Å². The minimum atomic E-state index is -4.16. The van der Waals surface area contributed by atoms with Crippen LogP contribution >= 0.6 is 0 Å². The Morgan fingerprint density at radius 3 is 1.94 bits per heavy atom. The second-order valence-electron chi connectivity index (χ2n) is 4.65. The van der Waals surface area contributed by atoms with Crippen molar-refractivity contribution in [3.63, 3.8) is 0 Å². The van der Waals surface area contributed by atoms with Crippen LogP contribution in [0.2, 0.25) is 0 Å². The van der Waals surface area contributed by atoms with Gasteiger partial charge in [0.05, 0.1) is 10.5 Å². The van der Waals surface area contributed by atoms with Gasteiger partial charge in [-0.1, -0.05) is 13.3 Å². The summed E-state index contributed by atoms with van der Waals surface area (Å²) in [7, 11) is -8.23. The second-order valence-corrected chi connectivity index (χ2v) is 9.56. The van der Waals surface area contributed by atoms with Gasteiger partial charge in [-0.15, -0.1) is 4.79 Å².